The highest BCUT2D eigenvalue weighted by molar-refractivity contribution is 4.84. The van der Waals surface area contributed by atoms with Gasteiger partial charge in [0.05, 0.1) is 0 Å². The van der Waals surface area contributed by atoms with E-state index in [2.05, 4.69) is 24.1 Å². The van der Waals surface area contributed by atoms with E-state index in [-0.39, 0.29) is 0 Å². The lowest BCUT2D eigenvalue weighted by Gasteiger charge is -2.42. The molecule has 0 aromatic carbocycles. The number of nitrogens with zero attached hydrogens (tertiary/aromatic N) is 1. The Labute approximate surface area is 114 Å². The highest BCUT2D eigenvalue weighted by Crippen LogP contribution is 2.36. The van der Waals surface area contributed by atoms with Gasteiger partial charge in [-0.05, 0) is 56.7 Å². The summed E-state index contributed by atoms with van der Waals surface area (Å²) in [5.41, 5.74) is 0. The van der Waals surface area contributed by atoms with Gasteiger partial charge in [-0.3, -0.25) is 0 Å². The first kappa shape index (κ1) is 14.3. The van der Waals surface area contributed by atoms with Crippen molar-refractivity contribution in [1.29, 1.82) is 0 Å². The molecule has 1 saturated carbocycles. The van der Waals surface area contributed by atoms with Crippen molar-refractivity contribution in [2.75, 3.05) is 32.7 Å². The van der Waals surface area contributed by atoms with Crippen LogP contribution in [0.25, 0.3) is 0 Å². The van der Waals surface area contributed by atoms with Gasteiger partial charge in [0, 0.05) is 13.1 Å². The van der Waals surface area contributed by atoms with E-state index in [1.807, 2.05) is 0 Å². The Morgan fingerprint density at radius 2 is 1.94 bits per heavy atom. The van der Waals surface area contributed by atoms with Crippen LogP contribution in [0.2, 0.25) is 0 Å². The molecule has 2 heteroatoms. The highest BCUT2D eigenvalue weighted by atomic mass is 15.1. The van der Waals surface area contributed by atoms with Crippen molar-refractivity contribution in [2.45, 2.75) is 52.4 Å². The van der Waals surface area contributed by atoms with Crippen LogP contribution in [-0.4, -0.2) is 37.6 Å². The predicted octanol–water partition coefficient (Wildman–Crippen LogP) is 3.13. The fraction of sp³-hybridized carbons (Fsp3) is 1.00. The molecule has 2 fully saturated rings. The average Bonchev–Trinajstić information content (AvgIpc) is 2.39. The van der Waals surface area contributed by atoms with E-state index in [9.17, 15) is 0 Å². The van der Waals surface area contributed by atoms with Crippen molar-refractivity contribution < 1.29 is 0 Å². The van der Waals surface area contributed by atoms with Crippen LogP contribution in [0.5, 0.6) is 0 Å². The third-order valence-corrected chi connectivity index (χ3v) is 4.86. The van der Waals surface area contributed by atoms with Crippen LogP contribution < -0.4 is 5.32 Å². The number of rotatable bonds is 6. The third kappa shape index (κ3) is 4.24. The Morgan fingerprint density at radius 1 is 1.17 bits per heavy atom. The van der Waals surface area contributed by atoms with E-state index >= 15 is 0 Å². The summed E-state index contributed by atoms with van der Waals surface area (Å²) in [4.78, 5) is 2.74. The molecule has 1 N–H and O–H groups in total. The molecular weight excluding hydrogens is 220 g/mol. The van der Waals surface area contributed by atoms with Crippen LogP contribution in [0.15, 0.2) is 0 Å². The van der Waals surface area contributed by atoms with Crippen molar-refractivity contribution >= 4 is 0 Å². The summed E-state index contributed by atoms with van der Waals surface area (Å²) >= 11 is 0. The molecule has 1 aliphatic carbocycles. The van der Waals surface area contributed by atoms with E-state index in [1.165, 1.54) is 71.2 Å². The van der Waals surface area contributed by atoms with E-state index in [0.717, 1.165) is 17.8 Å². The summed E-state index contributed by atoms with van der Waals surface area (Å²) < 4.78 is 0. The second-order valence-electron chi connectivity index (χ2n) is 6.66. The number of hydrogen-bond acceptors (Lipinski definition) is 2. The SMILES string of the molecule is CCCNCC(C)CN1CCC2CCCCC2C1. The molecule has 1 heterocycles. The van der Waals surface area contributed by atoms with Gasteiger partial charge in [-0.2, -0.15) is 0 Å². The van der Waals surface area contributed by atoms with Gasteiger partial charge in [0.2, 0.25) is 0 Å². The van der Waals surface area contributed by atoms with E-state index in [0.29, 0.717) is 0 Å². The first-order chi connectivity index (χ1) is 8.79. The maximum atomic E-state index is 3.55. The standard InChI is InChI=1S/C16H32N2/c1-3-9-17-11-14(2)12-18-10-8-15-6-4-5-7-16(15)13-18/h14-17H,3-13H2,1-2H3. The van der Waals surface area contributed by atoms with Gasteiger partial charge >= 0.3 is 0 Å². The zero-order chi connectivity index (χ0) is 12.8. The minimum absolute atomic E-state index is 0.802. The highest BCUT2D eigenvalue weighted by Gasteiger charge is 2.31. The average molecular weight is 252 g/mol. The maximum Gasteiger partial charge on any atom is 0.00193 e. The normalized spacial score (nSPS) is 31.0. The first-order valence-electron chi connectivity index (χ1n) is 8.22. The van der Waals surface area contributed by atoms with E-state index in [4.69, 9.17) is 0 Å². The predicted molar refractivity (Wildman–Crippen MR) is 78.8 cm³/mol. The van der Waals surface area contributed by atoms with Gasteiger partial charge in [-0.15, -0.1) is 0 Å². The lowest BCUT2D eigenvalue weighted by atomic mass is 9.75. The molecule has 3 unspecified atom stereocenters. The smallest absolute Gasteiger partial charge is 0.00193 e. The fourth-order valence-electron chi connectivity index (χ4n) is 3.87. The lowest BCUT2D eigenvalue weighted by Crippen LogP contribution is -2.44. The van der Waals surface area contributed by atoms with Crippen molar-refractivity contribution in [1.82, 2.24) is 10.2 Å². The second-order valence-corrected chi connectivity index (χ2v) is 6.66. The molecule has 0 spiro atoms. The van der Waals surface area contributed by atoms with Crippen LogP contribution in [0.3, 0.4) is 0 Å². The topological polar surface area (TPSA) is 15.3 Å². The molecule has 0 bridgehead atoms. The maximum absolute atomic E-state index is 3.55. The molecule has 0 aromatic heterocycles. The Hall–Kier alpha value is -0.0800. The molecule has 0 aromatic rings. The van der Waals surface area contributed by atoms with Gasteiger partial charge in [0.15, 0.2) is 0 Å². The second kappa shape index (κ2) is 7.49. The van der Waals surface area contributed by atoms with Gasteiger partial charge in [0.1, 0.15) is 0 Å². The zero-order valence-corrected chi connectivity index (χ0v) is 12.5. The first-order valence-corrected chi connectivity index (χ1v) is 8.22. The Kier molecular flexibility index (Phi) is 5.97. The van der Waals surface area contributed by atoms with E-state index in [1.54, 1.807) is 0 Å². The number of hydrogen-bond donors (Lipinski definition) is 1. The van der Waals surface area contributed by atoms with Gasteiger partial charge < -0.3 is 10.2 Å². The molecule has 0 radical (unpaired) electrons. The Bertz CT molecular complexity index is 229. The number of likely N-dealkylation sites (tertiary alicyclic amines) is 1. The third-order valence-electron chi connectivity index (χ3n) is 4.86. The number of fused-ring (bicyclic) bond motifs is 1. The lowest BCUT2D eigenvalue weighted by molar-refractivity contribution is 0.0773. The van der Waals surface area contributed by atoms with Crippen LogP contribution in [0, 0.1) is 17.8 Å². The van der Waals surface area contributed by atoms with Crippen molar-refractivity contribution in [3.63, 3.8) is 0 Å². The summed E-state index contributed by atoms with van der Waals surface area (Å²) in [5, 5.41) is 3.55. The molecule has 18 heavy (non-hydrogen) atoms. The van der Waals surface area contributed by atoms with Gasteiger partial charge in [-0.1, -0.05) is 33.1 Å². The molecule has 2 aliphatic rings. The van der Waals surface area contributed by atoms with Crippen LogP contribution >= 0.6 is 0 Å². The summed E-state index contributed by atoms with van der Waals surface area (Å²) in [6, 6.07) is 0. The van der Waals surface area contributed by atoms with Crippen molar-refractivity contribution in [2.24, 2.45) is 17.8 Å². The van der Waals surface area contributed by atoms with Crippen LogP contribution in [0.1, 0.15) is 52.4 Å². The molecule has 3 atom stereocenters. The molecule has 0 amide bonds. The van der Waals surface area contributed by atoms with E-state index < -0.39 is 0 Å². The summed E-state index contributed by atoms with van der Waals surface area (Å²) in [7, 11) is 0. The summed E-state index contributed by atoms with van der Waals surface area (Å²) in [5.74, 6) is 2.91. The molecule has 2 nitrogen and oxygen atoms in total. The van der Waals surface area contributed by atoms with Crippen molar-refractivity contribution in [3.8, 4) is 0 Å². The van der Waals surface area contributed by atoms with Gasteiger partial charge in [0.25, 0.3) is 0 Å². The van der Waals surface area contributed by atoms with Crippen LogP contribution in [0.4, 0.5) is 0 Å². The molecule has 2 rings (SSSR count). The monoisotopic (exact) mass is 252 g/mol. The number of piperidine rings is 1. The molecule has 1 aliphatic heterocycles. The minimum Gasteiger partial charge on any atom is -0.316 e. The largest absolute Gasteiger partial charge is 0.316 e. The summed E-state index contributed by atoms with van der Waals surface area (Å²) in [6.07, 6.45) is 8.73. The Balaban J connectivity index is 1.67. The number of nitrogens with one attached hydrogen (secondary N) is 1. The zero-order valence-electron chi connectivity index (χ0n) is 12.5. The van der Waals surface area contributed by atoms with Crippen molar-refractivity contribution in [3.05, 3.63) is 0 Å². The minimum atomic E-state index is 0.802. The van der Waals surface area contributed by atoms with Gasteiger partial charge in [-0.25, -0.2) is 0 Å². The molecule has 106 valence electrons. The summed E-state index contributed by atoms with van der Waals surface area (Å²) in [6.45, 7) is 11.1. The Morgan fingerprint density at radius 3 is 2.72 bits per heavy atom. The quantitative estimate of drug-likeness (QED) is 0.731. The molecule has 1 saturated heterocycles. The fourth-order valence-corrected chi connectivity index (χ4v) is 3.87. The molecular formula is C16H32N2. The van der Waals surface area contributed by atoms with Crippen LogP contribution in [-0.2, 0) is 0 Å².